The molecule has 180 valence electrons. The Balaban J connectivity index is 1.74. The molecule has 9 heteroatoms. The fraction of sp³-hybridized carbons (Fsp3) is 0.240. The van der Waals surface area contributed by atoms with Crippen molar-refractivity contribution < 1.29 is 27.4 Å². The number of hydrogen-bond donors (Lipinski definition) is 1. The van der Waals surface area contributed by atoms with Crippen molar-refractivity contribution >= 4 is 21.6 Å². The van der Waals surface area contributed by atoms with E-state index in [-0.39, 0.29) is 16.8 Å². The van der Waals surface area contributed by atoms with E-state index in [2.05, 4.69) is 5.32 Å². The highest BCUT2D eigenvalue weighted by molar-refractivity contribution is 7.92. The first kappa shape index (κ1) is 24.9. The lowest BCUT2D eigenvalue weighted by molar-refractivity contribution is 0.0940. The van der Waals surface area contributed by atoms with Gasteiger partial charge in [0, 0.05) is 18.7 Å². The lowest BCUT2D eigenvalue weighted by atomic mass is 10.1. The average Bonchev–Trinajstić information content (AvgIpc) is 2.87. The number of carbonyl (C=O) groups excluding carboxylic acids is 1. The number of anilines is 1. The molecule has 1 unspecified atom stereocenters. The average molecular weight is 485 g/mol. The Kier molecular flexibility index (Phi) is 7.68. The van der Waals surface area contributed by atoms with Crippen LogP contribution < -0.4 is 23.8 Å². The van der Waals surface area contributed by atoms with Crippen molar-refractivity contribution in [2.75, 3.05) is 32.7 Å². The first-order valence-corrected chi connectivity index (χ1v) is 11.9. The molecular formula is C25H28N2O6S. The van der Waals surface area contributed by atoms with E-state index in [1.54, 1.807) is 31.4 Å². The molecule has 0 aliphatic carbocycles. The molecule has 3 aromatic carbocycles. The van der Waals surface area contributed by atoms with Gasteiger partial charge in [-0.2, -0.15) is 0 Å². The van der Waals surface area contributed by atoms with Crippen molar-refractivity contribution in [3.63, 3.8) is 0 Å². The number of sulfonamides is 1. The molecule has 0 saturated heterocycles. The number of nitrogens with one attached hydrogen (secondary N) is 1. The SMILES string of the molecule is COc1ccc(C(C)NC(=O)c2ccc(N(C)S(=O)(=O)c3ccc(OC)c(OC)c3)cc2)cc1. The first-order valence-electron chi connectivity index (χ1n) is 10.5. The zero-order chi connectivity index (χ0) is 24.9. The van der Waals surface area contributed by atoms with Gasteiger partial charge >= 0.3 is 0 Å². The highest BCUT2D eigenvalue weighted by Gasteiger charge is 2.23. The topological polar surface area (TPSA) is 94.2 Å². The summed E-state index contributed by atoms with van der Waals surface area (Å²) in [6, 6.07) is 18.0. The van der Waals surface area contributed by atoms with E-state index in [0.29, 0.717) is 22.7 Å². The lowest BCUT2D eigenvalue weighted by Gasteiger charge is -2.21. The van der Waals surface area contributed by atoms with Crippen molar-refractivity contribution in [2.45, 2.75) is 17.9 Å². The van der Waals surface area contributed by atoms with Crippen molar-refractivity contribution in [1.29, 1.82) is 0 Å². The van der Waals surface area contributed by atoms with Crippen molar-refractivity contribution in [3.05, 3.63) is 77.9 Å². The van der Waals surface area contributed by atoms with Gasteiger partial charge in [-0.25, -0.2) is 8.42 Å². The summed E-state index contributed by atoms with van der Waals surface area (Å²) in [4.78, 5) is 12.7. The van der Waals surface area contributed by atoms with Crippen LogP contribution in [0.5, 0.6) is 17.2 Å². The summed E-state index contributed by atoms with van der Waals surface area (Å²) in [5.74, 6) is 1.23. The predicted molar refractivity (Wildman–Crippen MR) is 130 cm³/mol. The van der Waals surface area contributed by atoms with E-state index < -0.39 is 10.0 Å². The Bertz CT molecular complexity index is 1240. The van der Waals surface area contributed by atoms with Crippen molar-refractivity contribution in [2.24, 2.45) is 0 Å². The summed E-state index contributed by atoms with van der Waals surface area (Å²) in [6.07, 6.45) is 0. The highest BCUT2D eigenvalue weighted by atomic mass is 32.2. The summed E-state index contributed by atoms with van der Waals surface area (Å²) < 4.78 is 42.9. The molecule has 3 aromatic rings. The predicted octanol–water partition coefficient (Wildman–Crippen LogP) is 4.03. The summed E-state index contributed by atoms with van der Waals surface area (Å²) in [5, 5.41) is 2.94. The minimum Gasteiger partial charge on any atom is -0.497 e. The third-order valence-corrected chi connectivity index (χ3v) is 7.25. The van der Waals surface area contributed by atoms with Crippen LogP contribution in [0.1, 0.15) is 28.9 Å². The van der Waals surface area contributed by atoms with Gasteiger partial charge in [0.15, 0.2) is 11.5 Å². The van der Waals surface area contributed by atoms with E-state index >= 15 is 0 Å². The number of hydrogen-bond acceptors (Lipinski definition) is 6. The van der Waals surface area contributed by atoms with Gasteiger partial charge in [-0.3, -0.25) is 9.10 Å². The number of benzene rings is 3. The maximum atomic E-state index is 13.1. The third kappa shape index (κ3) is 5.26. The molecule has 0 aromatic heterocycles. The van der Waals surface area contributed by atoms with Crippen LogP contribution in [-0.4, -0.2) is 42.7 Å². The maximum Gasteiger partial charge on any atom is 0.264 e. The fourth-order valence-electron chi connectivity index (χ4n) is 3.35. The smallest absolute Gasteiger partial charge is 0.264 e. The second-order valence-corrected chi connectivity index (χ2v) is 9.47. The molecule has 1 N–H and O–H groups in total. The maximum absolute atomic E-state index is 13.1. The van der Waals surface area contributed by atoms with Gasteiger partial charge in [0.25, 0.3) is 15.9 Å². The minimum absolute atomic E-state index is 0.0581. The molecule has 1 amide bonds. The standard InChI is InChI=1S/C25H28N2O6S/c1-17(18-8-12-21(31-3)13-9-18)26-25(28)19-6-10-20(11-7-19)27(2)34(29,30)22-14-15-23(32-4)24(16-22)33-5/h6-17H,1-5H3,(H,26,28). The fourth-order valence-corrected chi connectivity index (χ4v) is 4.56. The number of rotatable bonds is 9. The zero-order valence-corrected chi connectivity index (χ0v) is 20.5. The minimum atomic E-state index is -3.86. The molecule has 0 aliphatic heterocycles. The largest absolute Gasteiger partial charge is 0.497 e. The summed E-state index contributed by atoms with van der Waals surface area (Å²) in [6.45, 7) is 1.89. The van der Waals surface area contributed by atoms with Gasteiger partial charge in [-0.15, -0.1) is 0 Å². The van der Waals surface area contributed by atoms with Crippen LogP contribution >= 0.6 is 0 Å². The number of nitrogens with zero attached hydrogens (tertiary/aromatic N) is 1. The molecule has 3 rings (SSSR count). The monoisotopic (exact) mass is 484 g/mol. The molecular weight excluding hydrogens is 456 g/mol. The summed E-state index contributed by atoms with van der Waals surface area (Å²) >= 11 is 0. The van der Waals surface area contributed by atoms with Crippen molar-refractivity contribution in [1.82, 2.24) is 5.32 Å². The number of methoxy groups -OCH3 is 3. The van der Waals surface area contributed by atoms with Gasteiger partial charge in [0.2, 0.25) is 0 Å². The Labute approximate surface area is 200 Å². The zero-order valence-electron chi connectivity index (χ0n) is 19.7. The molecule has 0 fully saturated rings. The van der Waals surface area contributed by atoms with E-state index in [1.165, 1.54) is 39.5 Å². The third-order valence-electron chi connectivity index (χ3n) is 5.47. The second-order valence-electron chi connectivity index (χ2n) is 7.50. The second kappa shape index (κ2) is 10.5. The van der Waals surface area contributed by atoms with Gasteiger partial charge in [0.05, 0.1) is 38.0 Å². The molecule has 0 radical (unpaired) electrons. The number of ether oxygens (including phenoxy) is 3. The molecule has 1 atom stereocenters. The Hall–Kier alpha value is -3.72. The van der Waals surface area contributed by atoms with E-state index in [4.69, 9.17) is 14.2 Å². The molecule has 8 nitrogen and oxygen atoms in total. The van der Waals surface area contributed by atoms with E-state index in [0.717, 1.165) is 15.6 Å². The molecule has 0 spiro atoms. The van der Waals surface area contributed by atoms with Crippen LogP contribution in [-0.2, 0) is 10.0 Å². The molecule has 0 aliphatic rings. The van der Waals surface area contributed by atoms with Gasteiger partial charge in [-0.1, -0.05) is 12.1 Å². The highest BCUT2D eigenvalue weighted by Crippen LogP contribution is 2.31. The van der Waals surface area contributed by atoms with E-state index in [9.17, 15) is 13.2 Å². The Morgan fingerprint density at radius 3 is 2.03 bits per heavy atom. The lowest BCUT2D eigenvalue weighted by Crippen LogP contribution is -2.28. The van der Waals surface area contributed by atoms with Crippen LogP contribution in [0.4, 0.5) is 5.69 Å². The van der Waals surface area contributed by atoms with Gasteiger partial charge in [0.1, 0.15) is 5.75 Å². The summed E-state index contributed by atoms with van der Waals surface area (Å²) in [5.41, 5.74) is 1.77. The van der Waals surface area contributed by atoms with Crippen LogP contribution in [0.25, 0.3) is 0 Å². The number of carbonyl (C=O) groups is 1. The molecule has 0 bridgehead atoms. The summed E-state index contributed by atoms with van der Waals surface area (Å²) in [7, 11) is 2.11. The van der Waals surface area contributed by atoms with Crippen LogP contribution in [0.2, 0.25) is 0 Å². The van der Waals surface area contributed by atoms with Gasteiger partial charge in [-0.05, 0) is 61.0 Å². The van der Waals surface area contributed by atoms with E-state index in [1.807, 2.05) is 31.2 Å². The number of amides is 1. The Morgan fingerprint density at radius 1 is 0.853 bits per heavy atom. The van der Waals surface area contributed by atoms with Crippen LogP contribution in [0.15, 0.2) is 71.6 Å². The van der Waals surface area contributed by atoms with Crippen LogP contribution in [0.3, 0.4) is 0 Å². The Morgan fingerprint density at radius 2 is 1.47 bits per heavy atom. The van der Waals surface area contributed by atoms with Crippen LogP contribution in [0, 0.1) is 0 Å². The molecule has 0 heterocycles. The molecule has 34 heavy (non-hydrogen) atoms. The first-order chi connectivity index (χ1) is 16.2. The molecule has 0 saturated carbocycles. The van der Waals surface area contributed by atoms with Gasteiger partial charge < -0.3 is 19.5 Å². The van der Waals surface area contributed by atoms with Crippen molar-refractivity contribution in [3.8, 4) is 17.2 Å². The quantitative estimate of drug-likeness (QED) is 0.493. The normalized spacial score (nSPS) is 11.9.